The first-order valence-corrected chi connectivity index (χ1v) is 5.67. The Labute approximate surface area is 99.2 Å². The molecular weight excluding hydrogens is 216 g/mol. The van der Waals surface area contributed by atoms with Gasteiger partial charge < -0.3 is 15.4 Å². The number of rotatable bonds is 1. The van der Waals surface area contributed by atoms with E-state index in [1.807, 2.05) is 12.1 Å². The van der Waals surface area contributed by atoms with Crippen molar-refractivity contribution in [3.05, 3.63) is 24.5 Å². The predicted molar refractivity (Wildman–Crippen MR) is 67.0 cm³/mol. The second kappa shape index (κ2) is 4.18. The summed E-state index contributed by atoms with van der Waals surface area (Å²) >= 11 is 0. The minimum Gasteiger partial charge on any atom is -0.397 e. The molecule has 1 aromatic carbocycles. The van der Waals surface area contributed by atoms with Gasteiger partial charge in [0.1, 0.15) is 5.52 Å². The summed E-state index contributed by atoms with van der Waals surface area (Å²) in [5, 5.41) is 0. The van der Waals surface area contributed by atoms with Gasteiger partial charge in [-0.1, -0.05) is 0 Å². The lowest BCUT2D eigenvalue weighted by molar-refractivity contribution is 0.122. The van der Waals surface area contributed by atoms with E-state index < -0.39 is 0 Å². The number of nitrogen functional groups attached to an aromatic ring is 1. The summed E-state index contributed by atoms with van der Waals surface area (Å²) < 4.78 is 5.34. The summed E-state index contributed by atoms with van der Waals surface area (Å²) in [5.74, 6) is 0. The summed E-state index contributed by atoms with van der Waals surface area (Å²) in [6.07, 6.45) is 3.35. The molecule has 2 N–H and O–H groups in total. The third-order valence-corrected chi connectivity index (χ3v) is 2.96. The fourth-order valence-corrected chi connectivity index (χ4v) is 2.09. The molecule has 0 spiro atoms. The van der Waals surface area contributed by atoms with Crippen molar-refractivity contribution < 1.29 is 4.74 Å². The SMILES string of the molecule is Nc1cc(N2CCOCC2)cc2nccnc12. The van der Waals surface area contributed by atoms with E-state index in [0.29, 0.717) is 5.69 Å². The first kappa shape index (κ1) is 10.3. The second-order valence-corrected chi connectivity index (χ2v) is 4.06. The Morgan fingerprint density at radius 2 is 1.88 bits per heavy atom. The lowest BCUT2D eigenvalue weighted by Crippen LogP contribution is -2.36. The number of hydrogen-bond donors (Lipinski definition) is 1. The smallest absolute Gasteiger partial charge is 0.112 e. The molecule has 2 heterocycles. The number of benzene rings is 1. The first-order valence-electron chi connectivity index (χ1n) is 5.67. The highest BCUT2D eigenvalue weighted by atomic mass is 16.5. The molecule has 1 aromatic heterocycles. The number of aromatic nitrogens is 2. The lowest BCUT2D eigenvalue weighted by atomic mass is 10.2. The van der Waals surface area contributed by atoms with Crippen LogP contribution in [0.3, 0.4) is 0 Å². The van der Waals surface area contributed by atoms with Gasteiger partial charge in [0.25, 0.3) is 0 Å². The summed E-state index contributed by atoms with van der Waals surface area (Å²) in [6, 6.07) is 3.99. The van der Waals surface area contributed by atoms with Gasteiger partial charge in [0.05, 0.1) is 24.4 Å². The highest BCUT2D eigenvalue weighted by Crippen LogP contribution is 2.25. The van der Waals surface area contributed by atoms with E-state index in [2.05, 4.69) is 14.9 Å². The fraction of sp³-hybridized carbons (Fsp3) is 0.333. The standard InChI is InChI=1S/C12H14N4O/c13-10-7-9(16-3-5-17-6-4-16)8-11-12(10)15-2-1-14-11/h1-2,7-8H,3-6,13H2. The molecule has 0 bridgehead atoms. The van der Waals surface area contributed by atoms with Gasteiger partial charge in [0.15, 0.2) is 0 Å². The van der Waals surface area contributed by atoms with Crippen LogP contribution in [0.25, 0.3) is 11.0 Å². The maximum absolute atomic E-state index is 6.00. The quantitative estimate of drug-likeness (QED) is 0.742. The average molecular weight is 230 g/mol. The summed E-state index contributed by atoms with van der Waals surface area (Å²) in [6.45, 7) is 3.31. The second-order valence-electron chi connectivity index (χ2n) is 4.06. The van der Waals surface area contributed by atoms with Crippen molar-refractivity contribution in [1.82, 2.24) is 9.97 Å². The number of fused-ring (bicyclic) bond motifs is 1. The Morgan fingerprint density at radius 1 is 1.12 bits per heavy atom. The Kier molecular flexibility index (Phi) is 2.53. The molecule has 1 aliphatic heterocycles. The monoisotopic (exact) mass is 230 g/mol. The molecule has 2 aromatic rings. The van der Waals surface area contributed by atoms with Crippen molar-refractivity contribution in [2.24, 2.45) is 0 Å². The normalized spacial score (nSPS) is 16.4. The van der Waals surface area contributed by atoms with Gasteiger partial charge in [-0.05, 0) is 12.1 Å². The molecule has 17 heavy (non-hydrogen) atoms. The van der Waals surface area contributed by atoms with Crippen molar-refractivity contribution >= 4 is 22.4 Å². The molecule has 0 radical (unpaired) electrons. The van der Waals surface area contributed by atoms with E-state index in [1.54, 1.807) is 12.4 Å². The minimum atomic E-state index is 0.678. The summed E-state index contributed by atoms with van der Waals surface area (Å²) in [4.78, 5) is 10.8. The topological polar surface area (TPSA) is 64.3 Å². The zero-order chi connectivity index (χ0) is 11.7. The highest BCUT2D eigenvalue weighted by Gasteiger charge is 2.13. The van der Waals surface area contributed by atoms with Crippen LogP contribution in [0.4, 0.5) is 11.4 Å². The highest BCUT2D eigenvalue weighted by molar-refractivity contribution is 5.90. The third kappa shape index (κ3) is 1.89. The maximum atomic E-state index is 6.00. The molecule has 1 saturated heterocycles. The Morgan fingerprint density at radius 3 is 2.71 bits per heavy atom. The average Bonchev–Trinajstić information content (AvgIpc) is 2.40. The van der Waals surface area contributed by atoms with E-state index in [-0.39, 0.29) is 0 Å². The molecular formula is C12H14N4O. The van der Waals surface area contributed by atoms with Crippen LogP contribution in [0, 0.1) is 0 Å². The van der Waals surface area contributed by atoms with Crippen LogP contribution in [-0.4, -0.2) is 36.3 Å². The van der Waals surface area contributed by atoms with Crippen LogP contribution in [-0.2, 0) is 4.74 Å². The molecule has 0 atom stereocenters. The van der Waals surface area contributed by atoms with Crippen LogP contribution in [0.5, 0.6) is 0 Å². The summed E-state index contributed by atoms with van der Waals surface area (Å²) in [7, 11) is 0. The molecule has 0 unspecified atom stereocenters. The summed E-state index contributed by atoms with van der Waals surface area (Å²) in [5.41, 5.74) is 9.39. The Balaban J connectivity index is 2.05. The lowest BCUT2D eigenvalue weighted by Gasteiger charge is -2.29. The molecule has 0 amide bonds. The van der Waals surface area contributed by atoms with E-state index in [1.165, 1.54) is 0 Å². The largest absolute Gasteiger partial charge is 0.397 e. The van der Waals surface area contributed by atoms with Gasteiger partial charge in [-0.2, -0.15) is 0 Å². The molecule has 5 nitrogen and oxygen atoms in total. The van der Waals surface area contributed by atoms with E-state index in [0.717, 1.165) is 43.0 Å². The number of anilines is 2. The van der Waals surface area contributed by atoms with Gasteiger partial charge in [0, 0.05) is 31.2 Å². The molecule has 1 fully saturated rings. The van der Waals surface area contributed by atoms with Gasteiger partial charge in [0.2, 0.25) is 0 Å². The van der Waals surface area contributed by atoms with Crippen molar-refractivity contribution in [1.29, 1.82) is 0 Å². The van der Waals surface area contributed by atoms with E-state index >= 15 is 0 Å². The molecule has 5 heteroatoms. The Bertz CT molecular complexity index is 537. The van der Waals surface area contributed by atoms with E-state index in [4.69, 9.17) is 10.5 Å². The number of hydrogen-bond acceptors (Lipinski definition) is 5. The number of morpholine rings is 1. The number of nitrogens with zero attached hydrogens (tertiary/aromatic N) is 3. The molecule has 0 saturated carbocycles. The van der Waals surface area contributed by atoms with Crippen LogP contribution in [0.1, 0.15) is 0 Å². The number of ether oxygens (including phenoxy) is 1. The molecule has 3 rings (SSSR count). The van der Waals surface area contributed by atoms with Crippen LogP contribution in [0.2, 0.25) is 0 Å². The zero-order valence-corrected chi connectivity index (χ0v) is 9.47. The van der Waals surface area contributed by atoms with Crippen molar-refractivity contribution in [3.63, 3.8) is 0 Å². The third-order valence-electron chi connectivity index (χ3n) is 2.96. The van der Waals surface area contributed by atoms with Crippen molar-refractivity contribution in [2.45, 2.75) is 0 Å². The fourth-order valence-electron chi connectivity index (χ4n) is 2.09. The zero-order valence-electron chi connectivity index (χ0n) is 9.47. The molecule has 0 aliphatic carbocycles. The van der Waals surface area contributed by atoms with Crippen LogP contribution >= 0.6 is 0 Å². The van der Waals surface area contributed by atoms with Crippen molar-refractivity contribution in [2.75, 3.05) is 36.9 Å². The van der Waals surface area contributed by atoms with Gasteiger partial charge >= 0.3 is 0 Å². The van der Waals surface area contributed by atoms with Crippen LogP contribution < -0.4 is 10.6 Å². The van der Waals surface area contributed by atoms with E-state index in [9.17, 15) is 0 Å². The molecule has 1 aliphatic rings. The maximum Gasteiger partial charge on any atom is 0.112 e. The van der Waals surface area contributed by atoms with Gasteiger partial charge in [-0.25, -0.2) is 0 Å². The number of nitrogens with two attached hydrogens (primary N) is 1. The minimum absolute atomic E-state index is 0.678. The molecule has 88 valence electrons. The van der Waals surface area contributed by atoms with Crippen LogP contribution in [0.15, 0.2) is 24.5 Å². The van der Waals surface area contributed by atoms with Gasteiger partial charge in [-0.3, -0.25) is 9.97 Å². The Hall–Kier alpha value is -1.88. The predicted octanol–water partition coefficient (Wildman–Crippen LogP) is 1.05. The van der Waals surface area contributed by atoms with Gasteiger partial charge in [-0.15, -0.1) is 0 Å². The van der Waals surface area contributed by atoms with Crippen molar-refractivity contribution in [3.8, 4) is 0 Å². The first-order chi connectivity index (χ1) is 8.34.